The van der Waals surface area contributed by atoms with E-state index in [0.29, 0.717) is 25.3 Å². The molecule has 2 aromatic carbocycles. The second kappa shape index (κ2) is 11.1. The second-order valence-corrected chi connectivity index (χ2v) is 9.20. The van der Waals surface area contributed by atoms with Crippen LogP contribution in [0.1, 0.15) is 61.5 Å². The number of rotatable bonds is 9. The van der Waals surface area contributed by atoms with Crippen molar-refractivity contribution in [1.82, 2.24) is 10.6 Å². The van der Waals surface area contributed by atoms with E-state index in [1.165, 1.54) is 5.56 Å². The van der Waals surface area contributed by atoms with Gasteiger partial charge in [0.2, 0.25) is 5.91 Å². The van der Waals surface area contributed by atoms with Crippen molar-refractivity contribution in [2.24, 2.45) is 0 Å². The van der Waals surface area contributed by atoms with Crippen LogP contribution in [-0.2, 0) is 21.5 Å². The molecular formula is C26H34N2O4. The molecule has 1 unspecified atom stereocenters. The summed E-state index contributed by atoms with van der Waals surface area (Å²) in [6, 6.07) is 15.3. The molecule has 1 heterocycles. The Balaban J connectivity index is 1.33. The third-order valence-electron chi connectivity index (χ3n) is 5.52. The molecule has 6 nitrogen and oxygen atoms in total. The Morgan fingerprint density at radius 2 is 1.75 bits per heavy atom. The SMILES string of the molecule is CC(C)(C)c1ccc(C(=O)NCCC(=O)NCc2ccc(OCC3CCCO3)cc2)cc1. The van der Waals surface area contributed by atoms with Crippen molar-refractivity contribution in [3.8, 4) is 5.75 Å². The highest BCUT2D eigenvalue weighted by Crippen LogP contribution is 2.22. The zero-order valence-electron chi connectivity index (χ0n) is 19.3. The molecule has 0 aromatic heterocycles. The van der Waals surface area contributed by atoms with Crippen molar-refractivity contribution in [3.63, 3.8) is 0 Å². The van der Waals surface area contributed by atoms with E-state index in [0.717, 1.165) is 30.8 Å². The van der Waals surface area contributed by atoms with Crippen molar-refractivity contribution in [2.75, 3.05) is 19.8 Å². The standard InChI is InChI=1S/C26H34N2O4/c1-26(2,3)21-10-8-20(9-11-21)25(30)27-15-14-24(29)28-17-19-6-12-22(13-7-19)32-18-23-5-4-16-31-23/h6-13,23H,4-5,14-18H2,1-3H3,(H,27,30)(H,28,29). The largest absolute Gasteiger partial charge is 0.491 e. The fourth-order valence-corrected chi connectivity index (χ4v) is 3.47. The first kappa shape index (κ1) is 23.8. The number of benzene rings is 2. The maximum absolute atomic E-state index is 12.3. The summed E-state index contributed by atoms with van der Waals surface area (Å²) in [7, 11) is 0. The summed E-state index contributed by atoms with van der Waals surface area (Å²) in [5, 5.41) is 5.69. The van der Waals surface area contributed by atoms with Crippen LogP contribution in [0.5, 0.6) is 5.75 Å². The van der Waals surface area contributed by atoms with Crippen molar-refractivity contribution < 1.29 is 19.1 Å². The molecule has 0 aliphatic carbocycles. The van der Waals surface area contributed by atoms with Crippen LogP contribution in [0.4, 0.5) is 0 Å². The molecule has 1 fully saturated rings. The maximum atomic E-state index is 12.3. The summed E-state index contributed by atoms with van der Waals surface area (Å²) < 4.78 is 11.3. The summed E-state index contributed by atoms with van der Waals surface area (Å²) in [6.07, 6.45) is 2.57. The monoisotopic (exact) mass is 438 g/mol. The van der Waals surface area contributed by atoms with Crippen molar-refractivity contribution in [3.05, 3.63) is 65.2 Å². The first-order chi connectivity index (χ1) is 15.3. The molecule has 6 heteroatoms. The van der Waals surface area contributed by atoms with Gasteiger partial charge in [-0.1, -0.05) is 45.0 Å². The number of nitrogens with one attached hydrogen (secondary N) is 2. The predicted molar refractivity (Wildman–Crippen MR) is 125 cm³/mol. The molecule has 0 radical (unpaired) electrons. The van der Waals surface area contributed by atoms with E-state index in [-0.39, 0.29) is 29.8 Å². The van der Waals surface area contributed by atoms with Gasteiger partial charge in [0.15, 0.2) is 0 Å². The number of ether oxygens (including phenoxy) is 2. The average Bonchev–Trinajstić information content (AvgIpc) is 3.30. The summed E-state index contributed by atoms with van der Waals surface area (Å²) in [4.78, 5) is 24.4. The number of hydrogen-bond acceptors (Lipinski definition) is 4. The molecule has 1 aliphatic rings. The Bertz CT molecular complexity index is 880. The Kier molecular flexibility index (Phi) is 8.28. The number of carbonyl (C=O) groups excluding carboxylic acids is 2. The molecule has 0 bridgehead atoms. The van der Waals surface area contributed by atoms with Crippen LogP contribution < -0.4 is 15.4 Å². The van der Waals surface area contributed by atoms with Gasteiger partial charge < -0.3 is 20.1 Å². The van der Waals surface area contributed by atoms with Crippen LogP contribution in [0.15, 0.2) is 48.5 Å². The Morgan fingerprint density at radius 1 is 1.03 bits per heavy atom. The van der Waals surface area contributed by atoms with E-state index in [2.05, 4.69) is 31.4 Å². The highest BCUT2D eigenvalue weighted by atomic mass is 16.5. The second-order valence-electron chi connectivity index (χ2n) is 9.20. The summed E-state index contributed by atoms with van der Waals surface area (Å²) >= 11 is 0. The summed E-state index contributed by atoms with van der Waals surface area (Å²) in [6.45, 7) is 8.53. The van der Waals surface area contributed by atoms with E-state index < -0.39 is 0 Å². The average molecular weight is 439 g/mol. The van der Waals surface area contributed by atoms with E-state index in [1.54, 1.807) is 0 Å². The summed E-state index contributed by atoms with van der Waals surface area (Å²) in [5.74, 6) is 0.526. The molecule has 32 heavy (non-hydrogen) atoms. The van der Waals surface area contributed by atoms with Crippen LogP contribution in [-0.4, -0.2) is 37.7 Å². The van der Waals surface area contributed by atoms with Crippen LogP contribution >= 0.6 is 0 Å². The van der Waals surface area contributed by atoms with Gasteiger partial charge >= 0.3 is 0 Å². The number of carbonyl (C=O) groups is 2. The molecule has 2 N–H and O–H groups in total. The molecule has 2 amide bonds. The van der Waals surface area contributed by atoms with Crippen molar-refractivity contribution >= 4 is 11.8 Å². The van der Waals surface area contributed by atoms with Crippen LogP contribution in [0.3, 0.4) is 0 Å². The van der Waals surface area contributed by atoms with Gasteiger partial charge in [-0.15, -0.1) is 0 Å². The third-order valence-corrected chi connectivity index (χ3v) is 5.52. The lowest BCUT2D eigenvalue weighted by molar-refractivity contribution is -0.121. The lowest BCUT2D eigenvalue weighted by Crippen LogP contribution is -2.30. The van der Waals surface area contributed by atoms with Gasteiger partial charge in [-0.05, 0) is 53.6 Å². The minimum Gasteiger partial charge on any atom is -0.491 e. The normalized spacial score (nSPS) is 15.9. The van der Waals surface area contributed by atoms with E-state index in [4.69, 9.17) is 9.47 Å². The molecular weight excluding hydrogens is 404 g/mol. The zero-order valence-corrected chi connectivity index (χ0v) is 19.3. The number of amides is 2. The van der Waals surface area contributed by atoms with Gasteiger partial charge in [0, 0.05) is 31.7 Å². The lowest BCUT2D eigenvalue weighted by Gasteiger charge is -2.19. The highest BCUT2D eigenvalue weighted by molar-refractivity contribution is 5.94. The van der Waals surface area contributed by atoms with E-state index in [9.17, 15) is 9.59 Å². The van der Waals surface area contributed by atoms with Gasteiger partial charge in [-0.2, -0.15) is 0 Å². The predicted octanol–water partition coefficient (Wildman–Crippen LogP) is 3.98. The molecule has 0 saturated carbocycles. The van der Waals surface area contributed by atoms with Gasteiger partial charge in [0.1, 0.15) is 12.4 Å². The van der Waals surface area contributed by atoms with Crippen LogP contribution in [0.2, 0.25) is 0 Å². The highest BCUT2D eigenvalue weighted by Gasteiger charge is 2.16. The topological polar surface area (TPSA) is 76.7 Å². The summed E-state index contributed by atoms with van der Waals surface area (Å²) in [5.41, 5.74) is 2.81. The molecule has 1 saturated heterocycles. The van der Waals surface area contributed by atoms with Gasteiger partial charge in [-0.25, -0.2) is 0 Å². The molecule has 3 rings (SSSR count). The molecule has 1 aliphatic heterocycles. The minimum atomic E-state index is -0.170. The Morgan fingerprint density at radius 3 is 2.38 bits per heavy atom. The molecule has 2 aromatic rings. The smallest absolute Gasteiger partial charge is 0.251 e. The third kappa shape index (κ3) is 7.38. The van der Waals surface area contributed by atoms with E-state index >= 15 is 0 Å². The van der Waals surface area contributed by atoms with Crippen LogP contribution in [0, 0.1) is 0 Å². The molecule has 1 atom stereocenters. The lowest BCUT2D eigenvalue weighted by atomic mass is 9.87. The van der Waals surface area contributed by atoms with Gasteiger partial charge in [0.25, 0.3) is 5.91 Å². The quantitative estimate of drug-likeness (QED) is 0.621. The zero-order chi connectivity index (χ0) is 23.0. The van der Waals surface area contributed by atoms with Crippen molar-refractivity contribution in [2.45, 2.75) is 58.1 Å². The first-order valence-electron chi connectivity index (χ1n) is 11.3. The van der Waals surface area contributed by atoms with Gasteiger partial charge in [-0.3, -0.25) is 9.59 Å². The minimum absolute atomic E-state index is 0.0465. The van der Waals surface area contributed by atoms with Crippen LogP contribution in [0.25, 0.3) is 0 Å². The fraction of sp³-hybridized carbons (Fsp3) is 0.462. The van der Waals surface area contributed by atoms with Crippen molar-refractivity contribution in [1.29, 1.82) is 0 Å². The Hall–Kier alpha value is -2.86. The fourth-order valence-electron chi connectivity index (χ4n) is 3.47. The van der Waals surface area contributed by atoms with Gasteiger partial charge in [0.05, 0.1) is 6.10 Å². The first-order valence-corrected chi connectivity index (χ1v) is 11.3. The molecule has 172 valence electrons. The Labute approximate surface area is 190 Å². The number of hydrogen-bond donors (Lipinski definition) is 2. The molecule has 0 spiro atoms. The van der Waals surface area contributed by atoms with E-state index in [1.807, 2.05) is 48.5 Å². The maximum Gasteiger partial charge on any atom is 0.251 e.